The fourth-order valence-corrected chi connectivity index (χ4v) is 1.90. The van der Waals surface area contributed by atoms with Crippen molar-refractivity contribution in [3.63, 3.8) is 0 Å². The molecule has 1 aromatic carbocycles. The zero-order chi connectivity index (χ0) is 9.97. The van der Waals surface area contributed by atoms with Crippen LogP contribution in [0.4, 0.5) is 0 Å². The molecule has 0 spiro atoms. The van der Waals surface area contributed by atoms with Gasteiger partial charge in [-0.1, -0.05) is 39.5 Å². The molecule has 0 unspecified atom stereocenters. The van der Waals surface area contributed by atoms with E-state index in [4.69, 9.17) is 0 Å². The number of pyridine rings is 1. The molecule has 2 aromatic rings. The van der Waals surface area contributed by atoms with Gasteiger partial charge in [0.25, 0.3) is 0 Å². The normalized spacial score (nSPS) is 9.47. The predicted molar refractivity (Wildman–Crippen MR) is 60.9 cm³/mol. The molecule has 0 aliphatic heterocycles. The van der Waals surface area contributed by atoms with Gasteiger partial charge in [0.2, 0.25) is 0 Å². The molecule has 0 aliphatic carbocycles. The second kappa shape index (κ2) is 5.58. The molecule has 15 heavy (non-hydrogen) atoms. The van der Waals surface area contributed by atoms with Crippen LogP contribution in [0.25, 0.3) is 11.3 Å². The van der Waals surface area contributed by atoms with Crippen molar-refractivity contribution in [3.05, 3.63) is 52.6 Å². The van der Waals surface area contributed by atoms with Crippen molar-refractivity contribution in [3.8, 4) is 11.3 Å². The van der Waals surface area contributed by atoms with Gasteiger partial charge in [-0.15, -0.1) is 29.3 Å². The van der Waals surface area contributed by atoms with Crippen molar-refractivity contribution in [2.45, 2.75) is 6.92 Å². The molecule has 2 rings (SSSR count). The summed E-state index contributed by atoms with van der Waals surface area (Å²) in [5.41, 5.74) is 3.09. The van der Waals surface area contributed by atoms with Crippen LogP contribution >= 0.6 is 15.9 Å². The van der Waals surface area contributed by atoms with Crippen LogP contribution in [0.15, 0.2) is 41.0 Å². The number of halogens is 1. The Morgan fingerprint density at radius 2 is 2.07 bits per heavy atom. The van der Waals surface area contributed by atoms with Crippen molar-refractivity contribution in [1.82, 2.24) is 4.98 Å². The predicted octanol–water partition coefficient (Wildman–Crippen LogP) is 3.62. The summed E-state index contributed by atoms with van der Waals surface area (Å²) in [5, 5.41) is 0. The summed E-state index contributed by atoms with van der Waals surface area (Å²) in [7, 11) is 0. The van der Waals surface area contributed by atoms with Crippen LogP contribution in [-0.4, -0.2) is 4.98 Å². The maximum atomic E-state index is 4.28. The van der Waals surface area contributed by atoms with Crippen LogP contribution in [0.1, 0.15) is 5.56 Å². The fraction of sp³-hybridized carbons (Fsp3) is 0.0833. The Morgan fingerprint density at radius 1 is 1.27 bits per heavy atom. The number of nitrogens with zero attached hydrogens (tertiary/aromatic N) is 1. The molecule has 1 heterocycles. The van der Waals surface area contributed by atoms with Gasteiger partial charge >= 0.3 is 0 Å². The van der Waals surface area contributed by atoms with Crippen molar-refractivity contribution in [1.29, 1.82) is 0 Å². The van der Waals surface area contributed by atoms with E-state index in [-0.39, 0.29) is 21.1 Å². The Kier molecular flexibility index (Phi) is 4.69. The standard InChI is InChI=1S/C12H9BrN.Pt/c1-9-6-10(8-11(13)7-9)12-4-2-3-5-14-12;/h2-5,7-8H,1H3;/q-1;. The number of hydrogen-bond acceptors (Lipinski definition) is 1. The van der Waals surface area contributed by atoms with Crippen LogP contribution < -0.4 is 0 Å². The monoisotopic (exact) mass is 441 g/mol. The van der Waals surface area contributed by atoms with E-state index in [1.54, 1.807) is 6.20 Å². The van der Waals surface area contributed by atoms with Crippen LogP contribution in [0.2, 0.25) is 0 Å². The molecule has 0 radical (unpaired) electrons. The minimum atomic E-state index is 0. The van der Waals surface area contributed by atoms with Gasteiger partial charge in [0.15, 0.2) is 0 Å². The molecule has 0 N–H and O–H groups in total. The third-order valence-corrected chi connectivity index (χ3v) is 2.37. The molecule has 0 aliphatic rings. The van der Waals surface area contributed by atoms with Gasteiger partial charge in [0, 0.05) is 27.3 Å². The van der Waals surface area contributed by atoms with Gasteiger partial charge in [-0.05, 0) is 11.8 Å². The summed E-state index contributed by atoms with van der Waals surface area (Å²) in [6, 6.07) is 13.2. The van der Waals surface area contributed by atoms with Gasteiger partial charge < -0.3 is 4.98 Å². The summed E-state index contributed by atoms with van der Waals surface area (Å²) in [5.74, 6) is 0. The van der Waals surface area contributed by atoms with Gasteiger partial charge in [-0.2, -0.15) is 0 Å². The first kappa shape index (κ1) is 12.6. The molecular formula is C12H9BrNPt-. The zero-order valence-electron chi connectivity index (χ0n) is 8.11. The molecule has 1 aromatic heterocycles. The second-order valence-corrected chi connectivity index (χ2v) is 4.03. The number of aryl methyl sites for hydroxylation is 1. The van der Waals surface area contributed by atoms with Crippen LogP contribution in [0, 0.1) is 13.0 Å². The second-order valence-electron chi connectivity index (χ2n) is 3.11. The van der Waals surface area contributed by atoms with E-state index in [1.807, 2.05) is 37.3 Å². The fourth-order valence-electron chi connectivity index (χ4n) is 1.33. The summed E-state index contributed by atoms with van der Waals surface area (Å²) < 4.78 is 1.06. The summed E-state index contributed by atoms with van der Waals surface area (Å²) in [6.07, 6.45) is 1.79. The number of aromatic nitrogens is 1. The summed E-state index contributed by atoms with van der Waals surface area (Å²) in [4.78, 5) is 4.28. The number of hydrogen-bond donors (Lipinski definition) is 0. The first-order valence-corrected chi connectivity index (χ1v) is 5.16. The van der Waals surface area contributed by atoms with E-state index < -0.39 is 0 Å². The SMILES string of the molecule is Cc1[c-]c(-c2ccccn2)cc(Br)c1.[Pt]. The van der Waals surface area contributed by atoms with E-state index in [0.717, 1.165) is 21.3 Å². The maximum absolute atomic E-state index is 4.28. The molecule has 0 saturated heterocycles. The number of rotatable bonds is 1. The topological polar surface area (TPSA) is 12.9 Å². The molecule has 0 bridgehead atoms. The average Bonchev–Trinajstić information content (AvgIpc) is 2.18. The Balaban J connectivity index is 0.00000112. The Bertz CT molecular complexity index is 422. The third-order valence-electron chi connectivity index (χ3n) is 1.91. The molecule has 0 amide bonds. The van der Waals surface area contributed by atoms with E-state index in [1.165, 1.54) is 0 Å². The number of benzene rings is 1. The van der Waals surface area contributed by atoms with Crippen LogP contribution in [-0.2, 0) is 21.1 Å². The van der Waals surface area contributed by atoms with Crippen molar-refractivity contribution >= 4 is 15.9 Å². The molecular weight excluding hydrogens is 433 g/mol. The minimum Gasteiger partial charge on any atom is -0.305 e. The molecule has 0 saturated carbocycles. The van der Waals surface area contributed by atoms with Crippen LogP contribution in [0.3, 0.4) is 0 Å². The molecule has 3 heteroatoms. The van der Waals surface area contributed by atoms with Gasteiger partial charge in [-0.3, -0.25) is 0 Å². The average molecular weight is 442 g/mol. The van der Waals surface area contributed by atoms with Crippen molar-refractivity contribution < 1.29 is 21.1 Å². The van der Waals surface area contributed by atoms with Crippen molar-refractivity contribution in [2.24, 2.45) is 0 Å². The first-order chi connectivity index (χ1) is 6.75. The Hall–Kier alpha value is -0.462. The summed E-state index contributed by atoms with van der Waals surface area (Å²) in [6.45, 7) is 2.02. The quantitative estimate of drug-likeness (QED) is 0.616. The first-order valence-electron chi connectivity index (χ1n) is 4.36. The molecule has 0 fully saturated rings. The zero-order valence-corrected chi connectivity index (χ0v) is 12.0. The third kappa shape index (κ3) is 3.25. The Morgan fingerprint density at radius 3 is 2.67 bits per heavy atom. The van der Waals surface area contributed by atoms with Gasteiger partial charge in [0.05, 0.1) is 0 Å². The van der Waals surface area contributed by atoms with E-state index in [9.17, 15) is 0 Å². The van der Waals surface area contributed by atoms with Crippen molar-refractivity contribution in [2.75, 3.05) is 0 Å². The van der Waals surface area contributed by atoms with Crippen LogP contribution in [0.5, 0.6) is 0 Å². The minimum absolute atomic E-state index is 0. The van der Waals surface area contributed by atoms with Gasteiger partial charge in [-0.25, -0.2) is 0 Å². The van der Waals surface area contributed by atoms with E-state index in [0.29, 0.717) is 0 Å². The largest absolute Gasteiger partial charge is 0.305 e. The van der Waals surface area contributed by atoms with E-state index >= 15 is 0 Å². The van der Waals surface area contributed by atoms with Gasteiger partial charge in [0.1, 0.15) is 0 Å². The molecule has 0 atom stereocenters. The van der Waals surface area contributed by atoms with E-state index in [2.05, 4.69) is 27.0 Å². The Labute approximate surface area is 112 Å². The summed E-state index contributed by atoms with van der Waals surface area (Å²) >= 11 is 3.46. The molecule has 80 valence electrons. The maximum Gasteiger partial charge on any atom is 0.0160 e. The molecule has 1 nitrogen and oxygen atoms in total. The smallest absolute Gasteiger partial charge is 0.0160 e.